The Morgan fingerprint density at radius 1 is 1.12 bits per heavy atom. The summed E-state index contributed by atoms with van der Waals surface area (Å²) in [6.07, 6.45) is 3.02. The maximum atomic E-state index is 13.2. The third-order valence-corrected chi connectivity index (χ3v) is 8.57. The van der Waals surface area contributed by atoms with Crippen molar-refractivity contribution >= 4 is 21.4 Å². The minimum Gasteiger partial charge on any atom is -0.339 e. The number of nitrogens with one attached hydrogen (secondary N) is 1. The van der Waals surface area contributed by atoms with Gasteiger partial charge in [0.1, 0.15) is 10.8 Å². The number of imidazole rings is 1. The van der Waals surface area contributed by atoms with Crippen LogP contribution in [-0.2, 0) is 23.6 Å². The predicted molar refractivity (Wildman–Crippen MR) is 129 cm³/mol. The van der Waals surface area contributed by atoms with E-state index in [2.05, 4.69) is 15.3 Å². The lowest BCUT2D eigenvalue weighted by Crippen LogP contribution is -2.36. The number of hydrogen-bond acceptors (Lipinski definition) is 6. The molecular formula is C24H24FN5O2S2. The Balaban J connectivity index is 1.34. The lowest BCUT2D eigenvalue weighted by Gasteiger charge is -2.19. The molecule has 3 heterocycles. The maximum absolute atomic E-state index is 13.2. The van der Waals surface area contributed by atoms with Crippen molar-refractivity contribution in [2.75, 3.05) is 13.1 Å². The van der Waals surface area contributed by atoms with Gasteiger partial charge >= 0.3 is 0 Å². The average molecular weight is 498 g/mol. The van der Waals surface area contributed by atoms with E-state index in [1.807, 2.05) is 35.7 Å². The van der Waals surface area contributed by atoms with Crippen molar-refractivity contribution in [1.82, 2.24) is 24.2 Å². The van der Waals surface area contributed by atoms with Gasteiger partial charge in [-0.15, -0.1) is 11.3 Å². The zero-order valence-electron chi connectivity index (χ0n) is 18.5. The molecule has 4 aromatic rings. The van der Waals surface area contributed by atoms with E-state index < -0.39 is 10.0 Å². The van der Waals surface area contributed by atoms with Gasteiger partial charge in [0.05, 0.1) is 12.0 Å². The summed E-state index contributed by atoms with van der Waals surface area (Å²) in [5.74, 6) is -0.282. The molecule has 0 radical (unpaired) electrons. The largest absolute Gasteiger partial charge is 0.339 e. The van der Waals surface area contributed by atoms with Gasteiger partial charge in [0.2, 0.25) is 0 Å². The van der Waals surface area contributed by atoms with Gasteiger partial charge < -0.3 is 9.88 Å². The van der Waals surface area contributed by atoms with Crippen LogP contribution in [-0.4, -0.2) is 46.4 Å². The van der Waals surface area contributed by atoms with Gasteiger partial charge in [0.25, 0.3) is 10.0 Å². The quantitative estimate of drug-likeness (QED) is 0.422. The molecule has 0 amide bonds. The van der Waals surface area contributed by atoms with Gasteiger partial charge in [0.15, 0.2) is 5.03 Å². The van der Waals surface area contributed by atoms with Gasteiger partial charge in [0, 0.05) is 55.8 Å². The number of hydrogen-bond donors (Lipinski definition) is 1. The van der Waals surface area contributed by atoms with Crippen LogP contribution in [0.15, 0.2) is 77.5 Å². The Morgan fingerprint density at radius 2 is 1.88 bits per heavy atom. The first kappa shape index (κ1) is 22.9. The molecule has 1 aliphatic rings. The highest BCUT2D eigenvalue weighted by Gasteiger charge is 2.40. The smallest absolute Gasteiger partial charge is 0.262 e. The van der Waals surface area contributed by atoms with Crippen molar-refractivity contribution in [3.05, 3.63) is 88.9 Å². The van der Waals surface area contributed by atoms with Gasteiger partial charge in [-0.05, 0) is 29.8 Å². The summed E-state index contributed by atoms with van der Waals surface area (Å²) in [5.41, 5.74) is 2.75. The van der Waals surface area contributed by atoms with Crippen LogP contribution in [0.25, 0.3) is 11.3 Å². The molecule has 1 saturated heterocycles. The Hall–Kier alpha value is -2.92. The molecule has 0 spiro atoms. The van der Waals surface area contributed by atoms with Gasteiger partial charge in [-0.3, -0.25) is 0 Å². The number of halogens is 1. The lowest BCUT2D eigenvalue weighted by molar-refractivity contribution is 0.454. The zero-order valence-corrected chi connectivity index (χ0v) is 20.1. The first-order valence-electron chi connectivity index (χ1n) is 10.9. The summed E-state index contributed by atoms with van der Waals surface area (Å²) >= 11 is 1.52. The molecule has 176 valence electrons. The summed E-state index contributed by atoms with van der Waals surface area (Å²) in [4.78, 5) is 8.74. The van der Waals surface area contributed by atoms with Crippen LogP contribution in [0.1, 0.15) is 16.5 Å². The molecule has 1 fully saturated rings. The molecule has 1 N–H and O–H groups in total. The van der Waals surface area contributed by atoms with E-state index in [-0.39, 0.29) is 22.8 Å². The molecule has 0 bridgehead atoms. The molecule has 2 aromatic carbocycles. The Kier molecular flexibility index (Phi) is 6.30. The average Bonchev–Trinajstić information content (AvgIpc) is 3.59. The monoisotopic (exact) mass is 497 g/mol. The second-order valence-corrected chi connectivity index (χ2v) is 11.2. The molecule has 10 heteroatoms. The predicted octanol–water partition coefficient (Wildman–Crippen LogP) is 3.63. The lowest BCUT2D eigenvalue weighted by atomic mass is 9.94. The molecule has 0 aliphatic carbocycles. The van der Waals surface area contributed by atoms with Crippen molar-refractivity contribution in [2.45, 2.75) is 23.5 Å². The number of thiazole rings is 1. The van der Waals surface area contributed by atoms with Crippen molar-refractivity contribution in [1.29, 1.82) is 0 Å². The normalized spacial score (nSPS) is 19.0. The van der Waals surface area contributed by atoms with Gasteiger partial charge in [-0.2, -0.15) is 4.31 Å². The number of aryl methyl sites for hydroxylation is 1. The molecule has 2 aromatic heterocycles. The standard InChI is InChI=1S/C24H24FN5O2S2/c1-29-14-24(27-16-29)34(31,32)30-12-20(17-5-3-2-4-6-17)21(13-30)26-11-23-28-22(15-33-23)18-7-9-19(25)10-8-18/h2-10,14-16,20-21,26H,11-13H2,1H3. The Morgan fingerprint density at radius 3 is 2.59 bits per heavy atom. The van der Waals surface area contributed by atoms with Crippen molar-refractivity contribution < 1.29 is 12.8 Å². The third-order valence-electron chi connectivity index (χ3n) is 6.01. The molecule has 5 rings (SSSR count). The van der Waals surface area contributed by atoms with Crippen LogP contribution < -0.4 is 5.32 Å². The minimum atomic E-state index is -3.69. The van der Waals surface area contributed by atoms with Crippen LogP contribution in [0.4, 0.5) is 4.39 Å². The molecular weight excluding hydrogens is 473 g/mol. The van der Waals surface area contributed by atoms with Crippen molar-refractivity contribution in [3.63, 3.8) is 0 Å². The summed E-state index contributed by atoms with van der Waals surface area (Å²) in [6.45, 7) is 1.23. The number of sulfonamides is 1. The highest BCUT2D eigenvalue weighted by atomic mass is 32.2. The summed E-state index contributed by atoms with van der Waals surface area (Å²) in [6, 6.07) is 16.1. The molecule has 0 saturated carbocycles. The fraction of sp³-hybridized carbons (Fsp3) is 0.250. The Bertz CT molecular complexity index is 1370. The topological polar surface area (TPSA) is 80.1 Å². The van der Waals surface area contributed by atoms with E-state index in [1.165, 1.54) is 40.3 Å². The summed E-state index contributed by atoms with van der Waals surface area (Å²) < 4.78 is 42.8. The molecule has 1 aliphatic heterocycles. The second-order valence-electron chi connectivity index (χ2n) is 8.34. The van der Waals surface area contributed by atoms with E-state index >= 15 is 0 Å². The van der Waals surface area contributed by atoms with Crippen molar-refractivity contribution in [3.8, 4) is 11.3 Å². The van der Waals surface area contributed by atoms with E-state index in [0.717, 1.165) is 21.8 Å². The van der Waals surface area contributed by atoms with Crippen LogP contribution in [0.3, 0.4) is 0 Å². The number of aromatic nitrogens is 3. The highest BCUT2D eigenvalue weighted by Crippen LogP contribution is 2.32. The van der Waals surface area contributed by atoms with E-state index in [9.17, 15) is 12.8 Å². The number of benzene rings is 2. The van der Waals surface area contributed by atoms with Crippen LogP contribution >= 0.6 is 11.3 Å². The second kappa shape index (κ2) is 9.38. The zero-order chi connectivity index (χ0) is 23.7. The van der Waals surface area contributed by atoms with Crippen molar-refractivity contribution in [2.24, 2.45) is 7.05 Å². The first-order valence-corrected chi connectivity index (χ1v) is 13.2. The van der Waals surface area contributed by atoms with E-state index in [0.29, 0.717) is 19.6 Å². The van der Waals surface area contributed by atoms with Crippen LogP contribution in [0.5, 0.6) is 0 Å². The number of rotatable bonds is 7. The van der Waals surface area contributed by atoms with E-state index in [4.69, 9.17) is 0 Å². The van der Waals surface area contributed by atoms with E-state index in [1.54, 1.807) is 23.7 Å². The highest BCUT2D eigenvalue weighted by molar-refractivity contribution is 7.89. The number of nitrogens with zero attached hydrogens (tertiary/aromatic N) is 4. The molecule has 2 atom stereocenters. The third kappa shape index (κ3) is 4.67. The van der Waals surface area contributed by atoms with Crippen LogP contribution in [0, 0.1) is 5.82 Å². The first-order chi connectivity index (χ1) is 16.4. The molecule has 7 nitrogen and oxygen atoms in total. The van der Waals surface area contributed by atoms with Gasteiger partial charge in [-0.1, -0.05) is 30.3 Å². The molecule has 2 unspecified atom stereocenters. The summed E-state index contributed by atoms with van der Waals surface area (Å²) in [5, 5.41) is 6.43. The Labute approximate surface area is 202 Å². The SMILES string of the molecule is Cn1cnc(S(=O)(=O)N2CC(NCc3nc(-c4ccc(F)cc4)cs3)C(c3ccccc3)C2)c1. The summed E-state index contributed by atoms with van der Waals surface area (Å²) in [7, 11) is -1.94. The maximum Gasteiger partial charge on any atom is 0.262 e. The van der Waals surface area contributed by atoms with Gasteiger partial charge in [-0.25, -0.2) is 22.8 Å². The fourth-order valence-electron chi connectivity index (χ4n) is 4.23. The minimum absolute atomic E-state index is 0.00350. The fourth-order valence-corrected chi connectivity index (χ4v) is 6.44. The van der Waals surface area contributed by atoms with Crippen LogP contribution in [0.2, 0.25) is 0 Å². The molecule has 34 heavy (non-hydrogen) atoms.